The van der Waals surface area contributed by atoms with Crippen molar-refractivity contribution in [2.24, 2.45) is 0 Å². The summed E-state index contributed by atoms with van der Waals surface area (Å²) in [6.07, 6.45) is 5.37. The number of carbonyl (C=O) groups is 1. The Labute approximate surface area is 193 Å². The van der Waals surface area contributed by atoms with Gasteiger partial charge in [0.25, 0.3) is 11.5 Å². The highest BCUT2D eigenvalue weighted by atomic mass is 35.5. The van der Waals surface area contributed by atoms with Gasteiger partial charge in [-0.05, 0) is 25.0 Å². The Morgan fingerprint density at radius 2 is 1.97 bits per heavy atom. The van der Waals surface area contributed by atoms with E-state index in [2.05, 4.69) is 27.5 Å². The molecule has 11 heteroatoms. The topological polar surface area (TPSA) is 124 Å². The number of nitrogens with one attached hydrogen (secondary N) is 2. The number of hydrogen-bond donors (Lipinski definition) is 3. The molecule has 0 aliphatic carbocycles. The fourth-order valence-corrected chi connectivity index (χ4v) is 4.19. The molecule has 1 saturated heterocycles. The fraction of sp³-hybridized carbons (Fsp3) is 0.238. The second-order valence-electron chi connectivity index (χ2n) is 7.44. The summed E-state index contributed by atoms with van der Waals surface area (Å²) in [4.78, 5) is 34.3. The minimum Gasteiger partial charge on any atom is -0.497 e. The lowest BCUT2D eigenvalue weighted by atomic mass is 9.93. The van der Waals surface area contributed by atoms with Gasteiger partial charge in [-0.15, -0.1) is 0 Å². The molecule has 0 saturated carbocycles. The third-order valence-electron chi connectivity index (χ3n) is 5.19. The number of amides is 1. The molecule has 0 radical (unpaired) electrons. The van der Waals surface area contributed by atoms with Crippen LogP contribution in [0.5, 0.6) is 5.75 Å². The van der Waals surface area contributed by atoms with E-state index in [0.29, 0.717) is 17.5 Å². The minimum absolute atomic E-state index is 0.147. The zero-order chi connectivity index (χ0) is 23.0. The maximum absolute atomic E-state index is 13.2. The minimum atomic E-state index is -0.720. The van der Waals surface area contributed by atoms with Gasteiger partial charge in [-0.3, -0.25) is 19.1 Å². The van der Waals surface area contributed by atoms with E-state index < -0.39 is 11.5 Å². The number of methoxy groups -OCH3 is 1. The summed E-state index contributed by atoms with van der Waals surface area (Å²) in [6.45, 7) is 2.09. The first-order valence-electron chi connectivity index (χ1n) is 9.71. The SMILES string of the molecule is COc1cc(Cl)c(-n2cnc(N)c(C(=O)Nc3cncc([C@@H]4C[C@@H](C)N4)c3)c2=O)c(Cl)c1. The number of benzene rings is 1. The number of pyridine rings is 1. The van der Waals surface area contributed by atoms with E-state index in [4.69, 9.17) is 33.7 Å². The van der Waals surface area contributed by atoms with Crippen LogP contribution in [0.25, 0.3) is 5.69 Å². The first-order valence-corrected chi connectivity index (χ1v) is 10.5. The quantitative estimate of drug-likeness (QED) is 0.518. The Kier molecular flexibility index (Phi) is 6.05. The molecule has 0 spiro atoms. The van der Waals surface area contributed by atoms with Crippen LogP contribution in [-0.2, 0) is 0 Å². The van der Waals surface area contributed by atoms with Crippen molar-refractivity contribution in [2.45, 2.75) is 25.4 Å². The van der Waals surface area contributed by atoms with E-state index >= 15 is 0 Å². The number of nitrogen functional groups attached to an aromatic ring is 1. The molecule has 4 rings (SSSR count). The number of nitrogens with two attached hydrogens (primary N) is 1. The van der Waals surface area contributed by atoms with Gasteiger partial charge in [-0.1, -0.05) is 23.2 Å². The number of nitrogens with zero attached hydrogens (tertiary/aromatic N) is 3. The van der Waals surface area contributed by atoms with Crippen molar-refractivity contribution in [3.05, 3.63) is 68.4 Å². The molecule has 9 nitrogen and oxygen atoms in total. The summed E-state index contributed by atoms with van der Waals surface area (Å²) in [6, 6.07) is 5.41. The van der Waals surface area contributed by atoms with Crippen LogP contribution < -0.4 is 26.7 Å². The number of carbonyl (C=O) groups excluding carboxylic acids is 1. The van der Waals surface area contributed by atoms with E-state index in [9.17, 15) is 9.59 Å². The smallest absolute Gasteiger partial charge is 0.273 e. The van der Waals surface area contributed by atoms with Gasteiger partial charge in [0.1, 0.15) is 23.5 Å². The van der Waals surface area contributed by atoms with Gasteiger partial charge in [-0.25, -0.2) is 4.98 Å². The molecule has 3 heterocycles. The molecule has 2 atom stereocenters. The highest BCUT2D eigenvalue weighted by Gasteiger charge is 2.26. The Bertz CT molecular complexity index is 1230. The van der Waals surface area contributed by atoms with Gasteiger partial charge in [0.15, 0.2) is 0 Å². The monoisotopic (exact) mass is 474 g/mol. The molecule has 1 fully saturated rings. The predicted octanol–water partition coefficient (Wildman–Crippen LogP) is 3.20. The number of aromatic nitrogens is 3. The van der Waals surface area contributed by atoms with Crippen molar-refractivity contribution in [3.8, 4) is 11.4 Å². The summed E-state index contributed by atoms with van der Waals surface area (Å²) in [7, 11) is 1.46. The zero-order valence-electron chi connectivity index (χ0n) is 17.2. The molecule has 0 bridgehead atoms. The third-order valence-corrected chi connectivity index (χ3v) is 5.77. The van der Waals surface area contributed by atoms with E-state index in [1.54, 1.807) is 12.3 Å². The lowest BCUT2D eigenvalue weighted by molar-refractivity contribution is 0.102. The van der Waals surface area contributed by atoms with Gasteiger partial charge in [0.05, 0.1) is 34.7 Å². The van der Waals surface area contributed by atoms with Crippen LogP contribution in [0.3, 0.4) is 0 Å². The van der Waals surface area contributed by atoms with Crippen LogP contribution in [0.4, 0.5) is 11.5 Å². The van der Waals surface area contributed by atoms with E-state index in [1.807, 2.05) is 0 Å². The van der Waals surface area contributed by atoms with Crippen molar-refractivity contribution in [3.63, 3.8) is 0 Å². The van der Waals surface area contributed by atoms with Gasteiger partial charge in [-0.2, -0.15) is 0 Å². The average Bonchev–Trinajstić information content (AvgIpc) is 2.72. The number of halogens is 2. The molecule has 0 unspecified atom stereocenters. The number of rotatable bonds is 5. The van der Waals surface area contributed by atoms with Crippen LogP contribution in [0.1, 0.15) is 35.3 Å². The summed E-state index contributed by atoms with van der Waals surface area (Å²) in [5, 5.41) is 6.33. The van der Waals surface area contributed by atoms with Crippen LogP contribution in [-0.4, -0.2) is 33.6 Å². The van der Waals surface area contributed by atoms with Crippen molar-refractivity contribution < 1.29 is 9.53 Å². The molecular formula is C21H20Cl2N6O3. The molecule has 166 valence electrons. The predicted molar refractivity (Wildman–Crippen MR) is 123 cm³/mol. The van der Waals surface area contributed by atoms with E-state index in [-0.39, 0.29) is 33.2 Å². The third kappa shape index (κ3) is 4.14. The molecular weight excluding hydrogens is 455 g/mol. The molecule has 1 aliphatic heterocycles. The van der Waals surface area contributed by atoms with Gasteiger partial charge in [0.2, 0.25) is 0 Å². The van der Waals surface area contributed by atoms with Gasteiger partial charge >= 0.3 is 0 Å². The molecule has 1 aliphatic rings. The molecule has 3 aromatic rings. The van der Waals surface area contributed by atoms with E-state index in [0.717, 1.165) is 16.6 Å². The second-order valence-corrected chi connectivity index (χ2v) is 8.25. The second kappa shape index (κ2) is 8.78. The fourth-order valence-electron chi connectivity index (χ4n) is 3.55. The maximum atomic E-state index is 13.2. The molecule has 4 N–H and O–H groups in total. The van der Waals surface area contributed by atoms with Crippen LogP contribution in [0.15, 0.2) is 41.7 Å². The molecule has 2 aromatic heterocycles. The molecule has 1 aromatic carbocycles. The number of hydrogen-bond acceptors (Lipinski definition) is 7. The average molecular weight is 475 g/mol. The summed E-state index contributed by atoms with van der Waals surface area (Å²) in [5.74, 6) is -0.520. The maximum Gasteiger partial charge on any atom is 0.273 e. The Hall–Kier alpha value is -3.14. The largest absolute Gasteiger partial charge is 0.497 e. The van der Waals surface area contributed by atoms with Crippen LogP contribution in [0.2, 0.25) is 10.0 Å². The first-order chi connectivity index (χ1) is 15.3. The lowest BCUT2D eigenvalue weighted by Gasteiger charge is -2.35. The first kappa shape index (κ1) is 22.1. The van der Waals surface area contributed by atoms with Gasteiger partial charge < -0.3 is 21.1 Å². The number of anilines is 2. The molecule has 1 amide bonds. The molecule has 32 heavy (non-hydrogen) atoms. The van der Waals surface area contributed by atoms with Crippen molar-refractivity contribution in [1.82, 2.24) is 19.9 Å². The Morgan fingerprint density at radius 1 is 1.28 bits per heavy atom. The zero-order valence-corrected chi connectivity index (χ0v) is 18.7. The normalized spacial score (nSPS) is 17.5. The summed E-state index contributed by atoms with van der Waals surface area (Å²) < 4.78 is 6.20. The van der Waals surface area contributed by atoms with Crippen LogP contribution >= 0.6 is 23.2 Å². The summed E-state index contributed by atoms with van der Waals surface area (Å²) in [5.41, 5.74) is 6.35. The Balaban J connectivity index is 1.67. The van der Waals surface area contributed by atoms with Crippen LogP contribution in [0, 0.1) is 0 Å². The van der Waals surface area contributed by atoms with Crippen molar-refractivity contribution >= 4 is 40.6 Å². The van der Waals surface area contributed by atoms with Gasteiger partial charge in [0, 0.05) is 30.4 Å². The number of ether oxygens (including phenoxy) is 1. The van der Waals surface area contributed by atoms with Crippen molar-refractivity contribution in [2.75, 3.05) is 18.2 Å². The van der Waals surface area contributed by atoms with E-state index in [1.165, 1.54) is 31.8 Å². The Morgan fingerprint density at radius 3 is 2.59 bits per heavy atom. The highest BCUT2D eigenvalue weighted by Crippen LogP contribution is 2.33. The summed E-state index contributed by atoms with van der Waals surface area (Å²) >= 11 is 12.6. The highest BCUT2D eigenvalue weighted by molar-refractivity contribution is 6.38. The van der Waals surface area contributed by atoms with Crippen molar-refractivity contribution in [1.29, 1.82) is 0 Å². The lowest BCUT2D eigenvalue weighted by Crippen LogP contribution is -2.43. The standard InChI is InChI=1S/C21H20Cl2N6O3/c1-10-3-16(27-10)11-4-12(8-25-7-11)28-20(30)17-19(24)26-9-29(21(17)31)18-14(22)5-13(32-2)6-15(18)23/h4-10,16,27H,3,24H2,1-2H3,(H,28,30)/t10-,16+/m1/s1.